The SMILES string of the molecule is CCC1=CC=CC1.[CH3-].[CH3-].[CH3-].[Pt]. The van der Waals surface area contributed by atoms with Gasteiger partial charge in [-0.2, -0.15) is 0 Å². The van der Waals surface area contributed by atoms with E-state index in [-0.39, 0.29) is 43.3 Å². The molecule has 0 spiro atoms. The standard InChI is InChI=1S/C7H10.3CH3.Pt/c1-2-7-5-3-4-6-7;;;;/h3-5H,2,6H2,1H3;3*1H3;/q;3*-1;. The minimum atomic E-state index is 0. The summed E-state index contributed by atoms with van der Waals surface area (Å²) < 4.78 is 0. The Labute approximate surface area is 87.0 Å². The Balaban J connectivity index is -0.0000000612. The fourth-order valence-electron chi connectivity index (χ4n) is 0.754. The first kappa shape index (κ1) is 22.5. The van der Waals surface area contributed by atoms with Crippen LogP contribution in [-0.4, -0.2) is 0 Å². The molecule has 0 atom stereocenters. The molecular formula is C10H19Pt-3. The quantitative estimate of drug-likeness (QED) is 0.643. The van der Waals surface area contributed by atoms with Gasteiger partial charge in [-0.15, -0.1) is 0 Å². The van der Waals surface area contributed by atoms with Gasteiger partial charge in [-0.25, -0.2) is 0 Å². The van der Waals surface area contributed by atoms with Crippen LogP contribution in [0.1, 0.15) is 19.8 Å². The second kappa shape index (κ2) is 12.8. The van der Waals surface area contributed by atoms with Gasteiger partial charge >= 0.3 is 0 Å². The van der Waals surface area contributed by atoms with Crippen LogP contribution in [0, 0.1) is 22.3 Å². The molecule has 0 aliphatic heterocycles. The second-order valence-electron chi connectivity index (χ2n) is 1.81. The van der Waals surface area contributed by atoms with Crippen LogP contribution in [0.2, 0.25) is 0 Å². The van der Waals surface area contributed by atoms with Gasteiger partial charge in [0.2, 0.25) is 0 Å². The van der Waals surface area contributed by atoms with Gasteiger partial charge in [0.15, 0.2) is 0 Å². The molecule has 0 aromatic rings. The molecule has 0 unspecified atom stereocenters. The van der Waals surface area contributed by atoms with Crippen molar-refractivity contribution in [1.29, 1.82) is 0 Å². The van der Waals surface area contributed by atoms with Crippen molar-refractivity contribution in [3.63, 3.8) is 0 Å². The predicted octanol–water partition coefficient (Wildman–Crippen LogP) is 3.63. The average Bonchev–Trinajstić information content (AvgIpc) is 2.14. The molecule has 72 valence electrons. The Kier molecular flexibility index (Phi) is 26.2. The van der Waals surface area contributed by atoms with Crippen LogP contribution >= 0.6 is 0 Å². The molecule has 1 heteroatoms. The maximum atomic E-state index is 2.19. The van der Waals surface area contributed by atoms with E-state index in [1.165, 1.54) is 12.8 Å². The van der Waals surface area contributed by atoms with Gasteiger partial charge in [-0.05, 0) is 12.8 Å². The molecule has 0 fully saturated rings. The zero-order chi connectivity index (χ0) is 5.11. The van der Waals surface area contributed by atoms with Crippen molar-refractivity contribution in [1.82, 2.24) is 0 Å². The van der Waals surface area contributed by atoms with Crippen LogP contribution in [0.3, 0.4) is 0 Å². The molecule has 0 saturated heterocycles. The van der Waals surface area contributed by atoms with E-state index in [4.69, 9.17) is 0 Å². The Hall–Kier alpha value is 0.168. The summed E-state index contributed by atoms with van der Waals surface area (Å²) in [5.41, 5.74) is 1.56. The molecule has 0 heterocycles. The molecule has 11 heavy (non-hydrogen) atoms. The van der Waals surface area contributed by atoms with E-state index in [0.29, 0.717) is 0 Å². The molecule has 0 amide bonds. The summed E-state index contributed by atoms with van der Waals surface area (Å²) in [5, 5.41) is 0. The smallest absolute Gasteiger partial charge is 0 e. The fraction of sp³-hybridized carbons (Fsp3) is 0.300. The van der Waals surface area contributed by atoms with Gasteiger partial charge < -0.3 is 22.3 Å². The fourth-order valence-corrected chi connectivity index (χ4v) is 0.754. The zero-order valence-electron chi connectivity index (χ0n) is 7.96. The largest absolute Gasteiger partial charge is 0.358 e. The molecule has 0 bridgehead atoms. The van der Waals surface area contributed by atoms with Gasteiger partial charge in [0.1, 0.15) is 0 Å². The Morgan fingerprint density at radius 2 is 1.82 bits per heavy atom. The van der Waals surface area contributed by atoms with E-state index >= 15 is 0 Å². The normalized spacial score (nSPS) is 11.2. The molecule has 1 aliphatic carbocycles. The number of hydrogen-bond acceptors (Lipinski definition) is 0. The maximum absolute atomic E-state index is 2.19. The van der Waals surface area contributed by atoms with Crippen LogP contribution in [0.25, 0.3) is 0 Å². The molecule has 0 saturated carbocycles. The Morgan fingerprint density at radius 3 is 2.00 bits per heavy atom. The van der Waals surface area contributed by atoms with Crippen LogP contribution < -0.4 is 0 Å². The molecule has 1 aliphatic rings. The van der Waals surface area contributed by atoms with Gasteiger partial charge in [0, 0.05) is 21.1 Å². The second-order valence-corrected chi connectivity index (χ2v) is 1.81. The first-order valence-electron chi connectivity index (χ1n) is 2.78. The summed E-state index contributed by atoms with van der Waals surface area (Å²) in [6, 6.07) is 0. The summed E-state index contributed by atoms with van der Waals surface area (Å²) in [6.07, 6.45) is 8.92. The zero-order valence-corrected chi connectivity index (χ0v) is 10.2. The predicted molar refractivity (Wildman–Crippen MR) is 51.4 cm³/mol. The van der Waals surface area contributed by atoms with Crippen molar-refractivity contribution in [2.24, 2.45) is 0 Å². The third-order valence-corrected chi connectivity index (χ3v) is 1.30. The first-order chi connectivity index (χ1) is 3.43. The van der Waals surface area contributed by atoms with Crippen molar-refractivity contribution < 1.29 is 21.1 Å². The molecule has 0 nitrogen and oxygen atoms in total. The summed E-state index contributed by atoms with van der Waals surface area (Å²) in [5.74, 6) is 0. The average molecular weight is 334 g/mol. The third kappa shape index (κ3) is 8.07. The van der Waals surface area contributed by atoms with Crippen LogP contribution in [0.15, 0.2) is 23.8 Å². The van der Waals surface area contributed by atoms with E-state index in [1.54, 1.807) is 5.57 Å². The van der Waals surface area contributed by atoms with Crippen molar-refractivity contribution >= 4 is 0 Å². The van der Waals surface area contributed by atoms with Crippen LogP contribution in [0.5, 0.6) is 0 Å². The summed E-state index contributed by atoms with van der Waals surface area (Å²) in [4.78, 5) is 0. The summed E-state index contributed by atoms with van der Waals surface area (Å²) in [6.45, 7) is 2.19. The molecular weight excluding hydrogens is 315 g/mol. The monoisotopic (exact) mass is 334 g/mol. The topological polar surface area (TPSA) is 0 Å². The van der Waals surface area contributed by atoms with Crippen molar-refractivity contribution in [3.8, 4) is 0 Å². The molecule has 1 rings (SSSR count). The number of hydrogen-bond donors (Lipinski definition) is 0. The third-order valence-electron chi connectivity index (χ3n) is 1.30. The van der Waals surface area contributed by atoms with E-state index < -0.39 is 0 Å². The van der Waals surface area contributed by atoms with E-state index in [0.717, 1.165) is 0 Å². The molecule has 0 aromatic carbocycles. The van der Waals surface area contributed by atoms with Crippen LogP contribution in [-0.2, 0) is 21.1 Å². The maximum Gasteiger partial charge on any atom is 0 e. The number of allylic oxidation sites excluding steroid dienone is 4. The summed E-state index contributed by atoms with van der Waals surface area (Å²) >= 11 is 0. The van der Waals surface area contributed by atoms with Crippen molar-refractivity contribution in [3.05, 3.63) is 46.1 Å². The minimum Gasteiger partial charge on any atom is -0.358 e. The van der Waals surface area contributed by atoms with E-state index in [1.807, 2.05) is 0 Å². The first-order valence-corrected chi connectivity index (χ1v) is 2.78. The van der Waals surface area contributed by atoms with Crippen LogP contribution in [0.4, 0.5) is 0 Å². The molecule has 0 radical (unpaired) electrons. The van der Waals surface area contributed by atoms with Gasteiger partial charge in [-0.3, -0.25) is 0 Å². The summed E-state index contributed by atoms with van der Waals surface area (Å²) in [7, 11) is 0. The molecule has 0 N–H and O–H groups in total. The minimum absolute atomic E-state index is 0. The van der Waals surface area contributed by atoms with Gasteiger partial charge in [0.05, 0.1) is 0 Å². The Morgan fingerprint density at radius 1 is 1.27 bits per heavy atom. The van der Waals surface area contributed by atoms with E-state index in [9.17, 15) is 0 Å². The molecule has 0 aromatic heterocycles. The van der Waals surface area contributed by atoms with Crippen molar-refractivity contribution in [2.45, 2.75) is 19.8 Å². The van der Waals surface area contributed by atoms with E-state index in [2.05, 4.69) is 25.2 Å². The van der Waals surface area contributed by atoms with Crippen molar-refractivity contribution in [2.75, 3.05) is 0 Å². The number of rotatable bonds is 1. The van der Waals surface area contributed by atoms with Gasteiger partial charge in [-0.1, -0.05) is 30.7 Å². The van der Waals surface area contributed by atoms with Gasteiger partial charge in [0.25, 0.3) is 0 Å². The Bertz CT molecular complexity index is 112.